The zero-order valence-corrected chi connectivity index (χ0v) is 16.5. The van der Waals surface area contributed by atoms with Gasteiger partial charge in [-0.05, 0) is 42.9 Å². The van der Waals surface area contributed by atoms with Crippen LogP contribution in [0, 0.1) is 12.3 Å². The fourth-order valence-corrected chi connectivity index (χ4v) is 3.88. The molecule has 0 aliphatic heterocycles. The number of rotatable bonds is 4. The Hall–Kier alpha value is -2.85. The van der Waals surface area contributed by atoms with E-state index in [0.29, 0.717) is 18.4 Å². The molecule has 11 heteroatoms. The molecule has 0 amide bonds. The number of halogens is 6. The van der Waals surface area contributed by atoms with Crippen molar-refractivity contribution in [1.82, 2.24) is 19.7 Å². The number of aromatic amines is 1. The number of aryl methyl sites for hydroxylation is 1. The fraction of sp³-hybridized carbons (Fsp3) is 0.450. The second-order valence-corrected chi connectivity index (χ2v) is 8.21. The van der Waals surface area contributed by atoms with Gasteiger partial charge < -0.3 is 4.98 Å². The minimum atomic E-state index is -4.60. The fourth-order valence-electron chi connectivity index (χ4n) is 3.88. The minimum Gasteiger partial charge on any atom is -0.310 e. The lowest BCUT2D eigenvalue weighted by molar-refractivity contribution is -0.137. The van der Waals surface area contributed by atoms with Crippen LogP contribution in [0.3, 0.4) is 0 Å². The van der Waals surface area contributed by atoms with Gasteiger partial charge in [-0.2, -0.15) is 31.4 Å². The highest BCUT2D eigenvalue weighted by atomic mass is 19.4. The number of H-pyrrole nitrogens is 1. The average Bonchev–Trinajstić information content (AvgIpc) is 3.27. The smallest absolute Gasteiger partial charge is 0.310 e. The van der Waals surface area contributed by atoms with E-state index in [1.807, 2.05) is 6.92 Å². The minimum absolute atomic E-state index is 0.0153. The number of hydrogen-bond acceptors (Lipinski definition) is 3. The van der Waals surface area contributed by atoms with Crippen molar-refractivity contribution in [3.63, 3.8) is 0 Å². The maximum atomic E-state index is 13.1. The molecule has 1 aliphatic rings. The maximum absolute atomic E-state index is 13.1. The van der Waals surface area contributed by atoms with Gasteiger partial charge in [0.2, 0.25) is 0 Å². The third-order valence-electron chi connectivity index (χ3n) is 5.62. The van der Waals surface area contributed by atoms with Gasteiger partial charge in [-0.15, -0.1) is 0 Å². The normalized spacial score (nSPS) is 17.2. The van der Waals surface area contributed by atoms with Crippen molar-refractivity contribution in [2.45, 2.75) is 51.5 Å². The summed E-state index contributed by atoms with van der Waals surface area (Å²) in [6, 6.07) is 3.79. The molecule has 1 atom stereocenters. The van der Waals surface area contributed by atoms with Crippen LogP contribution in [0.25, 0.3) is 11.0 Å². The van der Waals surface area contributed by atoms with Crippen molar-refractivity contribution in [2.75, 3.05) is 0 Å². The summed E-state index contributed by atoms with van der Waals surface area (Å²) in [6.07, 6.45) is -9.12. The Morgan fingerprint density at radius 1 is 1.13 bits per heavy atom. The third kappa shape index (κ3) is 4.05. The Balaban J connectivity index is 1.92. The molecule has 2 heterocycles. The zero-order chi connectivity index (χ0) is 22.8. The lowest BCUT2D eigenvalue weighted by atomic mass is 9.91. The van der Waals surface area contributed by atoms with E-state index in [0.717, 1.165) is 12.1 Å². The van der Waals surface area contributed by atoms with Gasteiger partial charge in [0.25, 0.3) is 5.56 Å². The molecule has 0 unspecified atom stereocenters. The van der Waals surface area contributed by atoms with E-state index in [2.05, 4.69) is 15.1 Å². The molecule has 1 saturated carbocycles. The predicted molar refractivity (Wildman–Crippen MR) is 99.6 cm³/mol. The molecule has 31 heavy (non-hydrogen) atoms. The van der Waals surface area contributed by atoms with Gasteiger partial charge in [0.05, 0.1) is 23.7 Å². The third-order valence-corrected chi connectivity index (χ3v) is 5.62. The molecule has 1 N–H and O–H groups in total. The number of fused-ring (bicyclic) bond motifs is 1. The first-order valence-corrected chi connectivity index (χ1v) is 9.50. The van der Waals surface area contributed by atoms with Crippen LogP contribution in [0.15, 0.2) is 29.1 Å². The largest absolute Gasteiger partial charge is 0.416 e. The second-order valence-electron chi connectivity index (χ2n) is 8.21. The van der Waals surface area contributed by atoms with Crippen LogP contribution in [0.1, 0.15) is 48.5 Å². The van der Waals surface area contributed by atoms with Gasteiger partial charge >= 0.3 is 12.4 Å². The van der Waals surface area contributed by atoms with Crippen LogP contribution < -0.4 is 5.56 Å². The summed E-state index contributed by atoms with van der Waals surface area (Å²) in [6.45, 7) is 3.37. The van der Waals surface area contributed by atoms with Gasteiger partial charge in [-0.1, -0.05) is 19.1 Å². The maximum Gasteiger partial charge on any atom is 0.416 e. The highest BCUT2D eigenvalue weighted by Gasteiger charge is 2.48. The Bertz CT molecular complexity index is 1190. The quantitative estimate of drug-likeness (QED) is 0.580. The van der Waals surface area contributed by atoms with Crippen molar-refractivity contribution in [1.29, 1.82) is 0 Å². The molecule has 0 bridgehead atoms. The Morgan fingerprint density at radius 3 is 2.26 bits per heavy atom. The molecule has 3 aromatic rings. The molecule has 5 nitrogen and oxygen atoms in total. The van der Waals surface area contributed by atoms with E-state index >= 15 is 0 Å². The van der Waals surface area contributed by atoms with E-state index in [9.17, 15) is 31.1 Å². The molecule has 0 radical (unpaired) electrons. The van der Waals surface area contributed by atoms with Crippen LogP contribution in [0.2, 0.25) is 0 Å². The molecule has 1 fully saturated rings. The molecule has 0 spiro atoms. The summed E-state index contributed by atoms with van der Waals surface area (Å²) in [7, 11) is 0. The van der Waals surface area contributed by atoms with Crippen molar-refractivity contribution >= 4 is 11.0 Å². The standard InChI is InChI=1S/C20H18F6N4O/c1-10-27-16-14(17(31)28-10)13(9-19(21,22)23)29-30(16)15(18(2)7-8-18)11-3-5-12(6-4-11)20(24,25)26/h3-6,15H,7-9H2,1-2H3,(H,27,28,31)/t15-/m1/s1. The zero-order valence-electron chi connectivity index (χ0n) is 16.5. The van der Waals surface area contributed by atoms with E-state index in [4.69, 9.17) is 0 Å². The van der Waals surface area contributed by atoms with Gasteiger partial charge in [0.15, 0.2) is 5.65 Å². The summed E-state index contributed by atoms with van der Waals surface area (Å²) in [4.78, 5) is 19.1. The molecular weight excluding hydrogens is 426 g/mol. The highest BCUT2D eigenvalue weighted by Crippen LogP contribution is 2.56. The van der Waals surface area contributed by atoms with Crippen LogP contribution in [0.5, 0.6) is 0 Å². The molecule has 1 aromatic carbocycles. The summed E-state index contributed by atoms with van der Waals surface area (Å²) in [5, 5.41) is 3.86. The Labute approximate surface area is 172 Å². The predicted octanol–water partition coefficient (Wildman–Crippen LogP) is 4.94. The van der Waals surface area contributed by atoms with Crippen LogP contribution >= 0.6 is 0 Å². The number of nitrogens with one attached hydrogen (secondary N) is 1. The van der Waals surface area contributed by atoms with Crippen LogP contribution in [-0.2, 0) is 12.6 Å². The number of alkyl halides is 6. The first kappa shape index (κ1) is 21.4. The summed E-state index contributed by atoms with van der Waals surface area (Å²) < 4.78 is 79.6. The average molecular weight is 444 g/mol. The van der Waals surface area contributed by atoms with E-state index in [1.165, 1.54) is 23.7 Å². The number of benzene rings is 1. The van der Waals surface area contributed by atoms with Crippen molar-refractivity contribution in [2.24, 2.45) is 5.41 Å². The molecule has 0 saturated heterocycles. The number of aromatic nitrogens is 4. The van der Waals surface area contributed by atoms with Gasteiger partial charge in [-0.3, -0.25) is 4.79 Å². The summed E-state index contributed by atoms with van der Waals surface area (Å²) in [5.74, 6) is 0.198. The monoisotopic (exact) mass is 444 g/mol. The lowest BCUT2D eigenvalue weighted by Crippen LogP contribution is -2.22. The van der Waals surface area contributed by atoms with Crippen LogP contribution in [0.4, 0.5) is 26.3 Å². The Morgan fingerprint density at radius 2 is 1.74 bits per heavy atom. The van der Waals surface area contributed by atoms with Gasteiger partial charge in [-0.25, -0.2) is 9.67 Å². The van der Waals surface area contributed by atoms with Crippen molar-refractivity contribution < 1.29 is 26.3 Å². The first-order valence-electron chi connectivity index (χ1n) is 9.50. The molecular formula is C20H18F6N4O. The number of hydrogen-bond donors (Lipinski definition) is 1. The highest BCUT2D eigenvalue weighted by molar-refractivity contribution is 5.77. The van der Waals surface area contributed by atoms with E-state index < -0.39 is 47.0 Å². The topological polar surface area (TPSA) is 63.6 Å². The van der Waals surface area contributed by atoms with Crippen molar-refractivity contribution in [3.8, 4) is 0 Å². The molecule has 1 aliphatic carbocycles. The van der Waals surface area contributed by atoms with Gasteiger partial charge in [0.1, 0.15) is 11.2 Å². The molecule has 4 rings (SSSR count). The number of nitrogens with zero attached hydrogens (tertiary/aromatic N) is 3. The van der Waals surface area contributed by atoms with E-state index in [1.54, 1.807) is 0 Å². The van der Waals surface area contributed by atoms with Crippen molar-refractivity contribution in [3.05, 3.63) is 57.3 Å². The first-order chi connectivity index (χ1) is 14.3. The van der Waals surface area contributed by atoms with E-state index in [-0.39, 0.29) is 16.9 Å². The lowest BCUT2D eigenvalue weighted by Gasteiger charge is -2.25. The second kappa shape index (κ2) is 6.83. The molecule has 166 valence electrons. The summed E-state index contributed by atoms with van der Waals surface area (Å²) in [5.41, 5.74) is -2.02. The van der Waals surface area contributed by atoms with Crippen LogP contribution in [-0.4, -0.2) is 25.9 Å². The van der Waals surface area contributed by atoms with Gasteiger partial charge in [0, 0.05) is 0 Å². The summed E-state index contributed by atoms with van der Waals surface area (Å²) >= 11 is 0. The SMILES string of the molecule is Cc1nc2c(c(CC(F)(F)F)nn2[C@H](c2ccc(C(F)(F)F)cc2)C2(C)CC2)c(=O)[nH]1. The Kier molecular flexibility index (Phi) is 4.71. The molecule has 2 aromatic heterocycles.